The van der Waals surface area contributed by atoms with E-state index in [2.05, 4.69) is 0 Å². The fourth-order valence-corrected chi connectivity index (χ4v) is 4.07. The van der Waals surface area contributed by atoms with Crippen molar-refractivity contribution >= 4 is 17.4 Å². The maximum Gasteiger partial charge on any atom is 0.278 e. The quantitative estimate of drug-likeness (QED) is 0.499. The van der Waals surface area contributed by atoms with Crippen LogP contribution >= 0.6 is 0 Å². The SMILES string of the molecule is COc1ccc(CN2C(=O)C(c3ccc(C)c(C)c3)=C(N(C)Cc3ccccc3)C2=O)cc1. The molecule has 0 radical (unpaired) electrons. The van der Waals surface area contributed by atoms with Gasteiger partial charge in [0.1, 0.15) is 11.4 Å². The van der Waals surface area contributed by atoms with Gasteiger partial charge in [0.05, 0.1) is 19.2 Å². The van der Waals surface area contributed by atoms with Crippen molar-refractivity contribution in [2.45, 2.75) is 26.9 Å². The van der Waals surface area contributed by atoms with Crippen LogP contribution in [0.2, 0.25) is 0 Å². The van der Waals surface area contributed by atoms with Gasteiger partial charge in [0.2, 0.25) is 0 Å². The Morgan fingerprint density at radius 3 is 2.15 bits per heavy atom. The minimum Gasteiger partial charge on any atom is -0.497 e. The third-order valence-corrected chi connectivity index (χ3v) is 6.08. The number of imide groups is 1. The van der Waals surface area contributed by atoms with Gasteiger partial charge in [-0.2, -0.15) is 0 Å². The maximum absolute atomic E-state index is 13.6. The van der Waals surface area contributed by atoms with E-state index in [0.29, 0.717) is 17.8 Å². The van der Waals surface area contributed by atoms with E-state index in [4.69, 9.17) is 4.74 Å². The molecule has 3 aromatic carbocycles. The van der Waals surface area contributed by atoms with Crippen molar-refractivity contribution in [2.24, 2.45) is 0 Å². The molecule has 0 aromatic heterocycles. The molecule has 0 spiro atoms. The predicted octanol–water partition coefficient (Wildman–Crippen LogP) is 4.72. The molecule has 1 heterocycles. The van der Waals surface area contributed by atoms with Gasteiger partial charge in [0.25, 0.3) is 11.8 Å². The first kappa shape index (κ1) is 22.3. The first-order valence-electron chi connectivity index (χ1n) is 10.9. The predicted molar refractivity (Wildman–Crippen MR) is 129 cm³/mol. The lowest BCUT2D eigenvalue weighted by molar-refractivity contribution is -0.138. The number of aryl methyl sites for hydroxylation is 2. The summed E-state index contributed by atoms with van der Waals surface area (Å²) in [5, 5.41) is 0. The number of rotatable bonds is 7. The van der Waals surface area contributed by atoms with Crippen molar-refractivity contribution in [2.75, 3.05) is 14.2 Å². The van der Waals surface area contributed by atoms with Gasteiger partial charge >= 0.3 is 0 Å². The van der Waals surface area contributed by atoms with Crippen molar-refractivity contribution in [3.8, 4) is 5.75 Å². The van der Waals surface area contributed by atoms with E-state index in [9.17, 15) is 9.59 Å². The molecule has 2 amide bonds. The lowest BCUT2D eigenvalue weighted by Gasteiger charge is -2.22. The Labute approximate surface area is 194 Å². The van der Waals surface area contributed by atoms with Gasteiger partial charge in [-0.25, -0.2) is 0 Å². The van der Waals surface area contributed by atoms with Crippen molar-refractivity contribution in [1.82, 2.24) is 9.80 Å². The number of methoxy groups -OCH3 is 1. The molecular weight excluding hydrogens is 412 g/mol. The molecule has 5 heteroatoms. The van der Waals surface area contributed by atoms with Gasteiger partial charge in [-0.15, -0.1) is 0 Å². The summed E-state index contributed by atoms with van der Waals surface area (Å²) in [5.41, 5.74) is 5.81. The maximum atomic E-state index is 13.6. The summed E-state index contributed by atoms with van der Waals surface area (Å²) < 4.78 is 5.22. The Kier molecular flexibility index (Phi) is 6.31. The Hall–Kier alpha value is -3.86. The first-order chi connectivity index (χ1) is 15.9. The average Bonchev–Trinajstić information content (AvgIpc) is 3.07. The second-order valence-electron chi connectivity index (χ2n) is 8.41. The molecule has 33 heavy (non-hydrogen) atoms. The minimum atomic E-state index is -0.275. The van der Waals surface area contributed by atoms with Crippen LogP contribution in [0.15, 0.2) is 78.5 Å². The van der Waals surface area contributed by atoms with Crippen molar-refractivity contribution in [1.29, 1.82) is 0 Å². The van der Waals surface area contributed by atoms with Crippen LogP contribution in [0.5, 0.6) is 5.75 Å². The van der Waals surface area contributed by atoms with E-state index in [1.165, 1.54) is 4.90 Å². The van der Waals surface area contributed by atoms with Crippen LogP contribution < -0.4 is 4.74 Å². The zero-order valence-electron chi connectivity index (χ0n) is 19.5. The summed E-state index contributed by atoms with van der Waals surface area (Å²) in [7, 11) is 3.47. The molecule has 0 aliphatic carbocycles. The number of hydrogen-bond acceptors (Lipinski definition) is 4. The Morgan fingerprint density at radius 1 is 0.818 bits per heavy atom. The average molecular weight is 441 g/mol. The molecule has 3 aromatic rings. The highest BCUT2D eigenvalue weighted by Crippen LogP contribution is 2.33. The van der Waals surface area contributed by atoms with E-state index in [1.54, 1.807) is 7.11 Å². The zero-order chi connectivity index (χ0) is 23.5. The highest BCUT2D eigenvalue weighted by molar-refractivity contribution is 6.35. The van der Waals surface area contributed by atoms with Crippen LogP contribution in [0.3, 0.4) is 0 Å². The number of amides is 2. The van der Waals surface area contributed by atoms with E-state index >= 15 is 0 Å². The summed E-state index contributed by atoms with van der Waals surface area (Å²) in [6.07, 6.45) is 0. The molecule has 1 aliphatic rings. The largest absolute Gasteiger partial charge is 0.497 e. The number of carbonyl (C=O) groups excluding carboxylic acids is 2. The lowest BCUT2D eigenvalue weighted by Crippen LogP contribution is -2.33. The van der Waals surface area contributed by atoms with Gasteiger partial charge in [-0.3, -0.25) is 14.5 Å². The normalized spacial score (nSPS) is 13.6. The first-order valence-corrected chi connectivity index (χ1v) is 10.9. The van der Waals surface area contributed by atoms with Crippen LogP contribution in [0, 0.1) is 13.8 Å². The monoisotopic (exact) mass is 440 g/mol. The van der Waals surface area contributed by atoms with Gasteiger partial charge < -0.3 is 9.64 Å². The van der Waals surface area contributed by atoms with Gasteiger partial charge in [0.15, 0.2) is 0 Å². The Bertz CT molecular complexity index is 1210. The number of likely N-dealkylation sites (N-methyl/N-ethyl adjacent to an activating group) is 1. The number of benzene rings is 3. The lowest BCUT2D eigenvalue weighted by atomic mass is 9.99. The second kappa shape index (κ2) is 9.33. The fraction of sp³-hybridized carbons (Fsp3) is 0.214. The summed E-state index contributed by atoms with van der Waals surface area (Å²) in [4.78, 5) is 30.4. The number of nitrogens with zero attached hydrogens (tertiary/aromatic N) is 2. The topological polar surface area (TPSA) is 49.9 Å². The third-order valence-electron chi connectivity index (χ3n) is 6.08. The van der Waals surface area contributed by atoms with Crippen molar-refractivity contribution in [3.05, 3.63) is 106 Å². The van der Waals surface area contributed by atoms with E-state index in [0.717, 1.165) is 33.6 Å². The summed E-state index contributed by atoms with van der Waals surface area (Å²) >= 11 is 0. The van der Waals surface area contributed by atoms with Gasteiger partial charge in [-0.1, -0.05) is 60.7 Å². The number of hydrogen-bond donors (Lipinski definition) is 0. The van der Waals surface area contributed by atoms with E-state index in [-0.39, 0.29) is 18.4 Å². The van der Waals surface area contributed by atoms with Crippen LogP contribution in [-0.2, 0) is 22.7 Å². The van der Waals surface area contributed by atoms with Gasteiger partial charge in [0, 0.05) is 13.6 Å². The van der Waals surface area contributed by atoms with Crippen LogP contribution in [-0.4, -0.2) is 35.8 Å². The van der Waals surface area contributed by atoms with Crippen LogP contribution in [0.1, 0.15) is 27.8 Å². The standard InChI is InChI=1S/C28H28N2O3/c1-19-10-13-23(16-20(19)2)25-26(29(3)17-21-8-6-5-7-9-21)28(32)30(27(25)31)18-22-11-14-24(33-4)15-12-22/h5-16H,17-18H2,1-4H3. The van der Waals surface area contributed by atoms with Gasteiger partial charge in [-0.05, 0) is 53.8 Å². The number of carbonyl (C=O) groups is 2. The molecular formula is C28H28N2O3. The molecule has 5 nitrogen and oxygen atoms in total. The Morgan fingerprint density at radius 2 is 1.52 bits per heavy atom. The van der Waals surface area contributed by atoms with Crippen molar-refractivity contribution in [3.63, 3.8) is 0 Å². The highest BCUT2D eigenvalue weighted by atomic mass is 16.5. The number of ether oxygens (including phenoxy) is 1. The zero-order valence-corrected chi connectivity index (χ0v) is 19.5. The smallest absolute Gasteiger partial charge is 0.278 e. The van der Waals surface area contributed by atoms with Crippen molar-refractivity contribution < 1.29 is 14.3 Å². The molecule has 0 fully saturated rings. The molecule has 0 saturated heterocycles. The molecule has 4 rings (SSSR count). The second-order valence-corrected chi connectivity index (χ2v) is 8.41. The van der Waals surface area contributed by atoms with Crippen LogP contribution in [0.4, 0.5) is 0 Å². The molecule has 1 aliphatic heterocycles. The third kappa shape index (κ3) is 4.53. The molecule has 0 saturated carbocycles. The summed E-state index contributed by atoms with van der Waals surface area (Å²) in [6, 6.07) is 23.3. The summed E-state index contributed by atoms with van der Waals surface area (Å²) in [5.74, 6) is 0.187. The molecule has 0 N–H and O–H groups in total. The Balaban J connectivity index is 1.72. The summed E-state index contributed by atoms with van der Waals surface area (Å²) in [6.45, 7) is 4.79. The van der Waals surface area contributed by atoms with E-state index in [1.807, 2.05) is 98.6 Å². The molecule has 0 bridgehead atoms. The van der Waals surface area contributed by atoms with Crippen LogP contribution in [0.25, 0.3) is 5.57 Å². The van der Waals surface area contributed by atoms with E-state index < -0.39 is 0 Å². The minimum absolute atomic E-state index is 0.207. The molecule has 168 valence electrons. The molecule has 0 unspecified atom stereocenters. The fourth-order valence-electron chi connectivity index (χ4n) is 4.07. The molecule has 0 atom stereocenters. The highest BCUT2D eigenvalue weighted by Gasteiger charge is 2.40.